The molecule has 1 aliphatic rings. The number of carbonyl (C=O) groups excluding carboxylic acids is 2. The van der Waals surface area contributed by atoms with E-state index in [0.717, 1.165) is 11.5 Å². The number of hydrogen-bond acceptors (Lipinski definition) is 6. The molecule has 1 unspecified atom stereocenters. The molecule has 0 radical (unpaired) electrons. The highest BCUT2D eigenvalue weighted by atomic mass is 32.1. The third-order valence-electron chi connectivity index (χ3n) is 3.51. The van der Waals surface area contributed by atoms with Crippen molar-refractivity contribution in [3.05, 3.63) is 10.6 Å². The maximum Gasteiger partial charge on any atom is 0.267 e. The molecular formula is C12H19N5O2S. The van der Waals surface area contributed by atoms with E-state index in [-0.39, 0.29) is 17.9 Å². The van der Waals surface area contributed by atoms with Crippen LogP contribution >= 0.6 is 11.5 Å². The molecule has 1 fully saturated rings. The summed E-state index contributed by atoms with van der Waals surface area (Å²) in [5.74, 6) is -0.0636. The molecule has 1 aromatic heterocycles. The number of likely N-dealkylation sites (N-methyl/N-ethyl adjacent to an activating group) is 2. The Bertz CT molecular complexity index is 516. The van der Waals surface area contributed by atoms with E-state index in [9.17, 15) is 9.59 Å². The Balaban J connectivity index is 2.13. The fourth-order valence-electron chi connectivity index (χ4n) is 2.19. The summed E-state index contributed by atoms with van der Waals surface area (Å²) in [6.07, 6.45) is 0. The van der Waals surface area contributed by atoms with Crippen LogP contribution in [0.3, 0.4) is 0 Å². The summed E-state index contributed by atoms with van der Waals surface area (Å²) in [4.78, 5) is 30.4. The number of aromatic nitrogens is 2. The zero-order valence-corrected chi connectivity index (χ0v) is 13.0. The molecule has 0 aromatic carbocycles. The summed E-state index contributed by atoms with van der Waals surface area (Å²) in [6, 6.07) is -0.288. The first-order valence-electron chi connectivity index (χ1n) is 6.41. The minimum absolute atomic E-state index is 0.0177. The van der Waals surface area contributed by atoms with E-state index >= 15 is 0 Å². The van der Waals surface area contributed by atoms with E-state index in [4.69, 9.17) is 0 Å². The number of aryl methyl sites for hydroxylation is 1. The van der Waals surface area contributed by atoms with Crippen LogP contribution in [0.15, 0.2) is 0 Å². The number of amides is 2. The fraction of sp³-hybridized carbons (Fsp3) is 0.667. The third kappa shape index (κ3) is 2.80. The number of rotatable bonds is 2. The molecule has 1 atom stereocenters. The molecule has 0 aliphatic carbocycles. The van der Waals surface area contributed by atoms with E-state index in [0.29, 0.717) is 30.2 Å². The van der Waals surface area contributed by atoms with Crippen molar-refractivity contribution in [3.63, 3.8) is 0 Å². The summed E-state index contributed by atoms with van der Waals surface area (Å²) in [5.41, 5.74) is 0.648. The van der Waals surface area contributed by atoms with Crippen molar-refractivity contribution in [1.29, 1.82) is 0 Å². The molecule has 1 aromatic rings. The van der Waals surface area contributed by atoms with Gasteiger partial charge >= 0.3 is 0 Å². The smallest absolute Gasteiger partial charge is 0.267 e. The molecule has 1 saturated heterocycles. The van der Waals surface area contributed by atoms with E-state index in [1.165, 1.54) is 0 Å². The lowest BCUT2D eigenvalue weighted by atomic mass is 10.1. The van der Waals surface area contributed by atoms with Crippen LogP contribution in [0, 0.1) is 6.92 Å². The normalized spacial score (nSPS) is 20.0. The predicted octanol–water partition coefficient (Wildman–Crippen LogP) is -0.309. The maximum absolute atomic E-state index is 12.4. The van der Waals surface area contributed by atoms with Crippen molar-refractivity contribution in [2.24, 2.45) is 0 Å². The summed E-state index contributed by atoms with van der Waals surface area (Å²) in [6.45, 7) is 3.48. The first-order valence-corrected chi connectivity index (χ1v) is 7.18. The van der Waals surface area contributed by atoms with Gasteiger partial charge in [-0.15, -0.1) is 5.10 Å². The van der Waals surface area contributed by atoms with Crippen LogP contribution in [0.25, 0.3) is 0 Å². The van der Waals surface area contributed by atoms with Gasteiger partial charge in [0.2, 0.25) is 5.91 Å². The van der Waals surface area contributed by atoms with Gasteiger partial charge in [-0.25, -0.2) is 0 Å². The molecule has 2 heterocycles. The van der Waals surface area contributed by atoms with Crippen molar-refractivity contribution in [1.82, 2.24) is 24.3 Å². The standard InChI is InChI=1S/C12H19N5O2S/c1-8-10(20-14-13-8)12(19)17-6-5-16(4)9(7-17)11(18)15(2)3/h9H,5-7H2,1-4H3. The highest BCUT2D eigenvalue weighted by Crippen LogP contribution is 2.17. The van der Waals surface area contributed by atoms with Crippen LogP contribution in [0.2, 0.25) is 0 Å². The lowest BCUT2D eigenvalue weighted by Crippen LogP contribution is -2.58. The molecule has 0 saturated carbocycles. The zero-order valence-electron chi connectivity index (χ0n) is 12.2. The molecule has 7 nitrogen and oxygen atoms in total. The molecule has 1 aliphatic heterocycles. The summed E-state index contributed by atoms with van der Waals surface area (Å²) >= 11 is 1.11. The van der Waals surface area contributed by atoms with Gasteiger partial charge in [-0.2, -0.15) is 0 Å². The molecule has 2 amide bonds. The Morgan fingerprint density at radius 3 is 2.60 bits per heavy atom. The Hall–Kier alpha value is -1.54. The van der Waals surface area contributed by atoms with Crippen LogP contribution in [0.1, 0.15) is 15.4 Å². The Labute approximate surface area is 122 Å². The minimum atomic E-state index is -0.288. The van der Waals surface area contributed by atoms with Gasteiger partial charge in [0.05, 0.1) is 5.69 Å². The topological polar surface area (TPSA) is 69.6 Å². The first kappa shape index (κ1) is 14.9. The van der Waals surface area contributed by atoms with E-state index in [1.54, 1.807) is 30.8 Å². The van der Waals surface area contributed by atoms with Crippen LogP contribution in [-0.2, 0) is 4.79 Å². The van der Waals surface area contributed by atoms with Gasteiger partial charge in [0, 0.05) is 33.7 Å². The highest BCUT2D eigenvalue weighted by Gasteiger charge is 2.34. The lowest BCUT2D eigenvalue weighted by molar-refractivity contribution is -0.135. The van der Waals surface area contributed by atoms with Crippen LogP contribution < -0.4 is 0 Å². The van der Waals surface area contributed by atoms with Crippen LogP contribution in [0.4, 0.5) is 0 Å². The maximum atomic E-state index is 12.4. The molecule has 0 spiro atoms. The second kappa shape index (κ2) is 5.84. The summed E-state index contributed by atoms with van der Waals surface area (Å²) in [7, 11) is 5.37. The van der Waals surface area contributed by atoms with Crippen LogP contribution in [-0.4, -0.2) is 82.9 Å². The number of piperazine rings is 1. The molecule has 8 heteroatoms. The third-order valence-corrected chi connectivity index (χ3v) is 4.32. The van der Waals surface area contributed by atoms with E-state index in [2.05, 4.69) is 9.59 Å². The highest BCUT2D eigenvalue weighted by molar-refractivity contribution is 7.07. The van der Waals surface area contributed by atoms with Gasteiger partial charge in [-0.1, -0.05) is 4.49 Å². The second-order valence-electron chi connectivity index (χ2n) is 5.17. The molecule has 2 rings (SSSR count). The lowest BCUT2D eigenvalue weighted by Gasteiger charge is -2.39. The second-order valence-corrected chi connectivity index (χ2v) is 5.92. The Kier molecular flexibility index (Phi) is 4.34. The van der Waals surface area contributed by atoms with Gasteiger partial charge in [-0.05, 0) is 25.5 Å². The van der Waals surface area contributed by atoms with E-state index in [1.807, 2.05) is 11.9 Å². The zero-order chi connectivity index (χ0) is 14.9. The van der Waals surface area contributed by atoms with Gasteiger partial charge in [0.25, 0.3) is 5.91 Å². The van der Waals surface area contributed by atoms with Gasteiger partial charge < -0.3 is 9.80 Å². The van der Waals surface area contributed by atoms with Crippen molar-refractivity contribution in [3.8, 4) is 0 Å². The minimum Gasteiger partial charge on any atom is -0.347 e. The van der Waals surface area contributed by atoms with Gasteiger partial charge in [0.1, 0.15) is 10.9 Å². The van der Waals surface area contributed by atoms with Crippen LogP contribution in [0.5, 0.6) is 0 Å². The largest absolute Gasteiger partial charge is 0.347 e. The monoisotopic (exact) mass is 297 g/mol. The molecule has 0 N–H and O–H groups in total. The molecule has 0 bridgehead atoms. The van der Waals surface area contributed by atoms with Crippen molar-refractivity contribution < 1.29 is 9.59 Å². The van der Waals surface area contributed by atoms with Crippen molar-refractivity contribution in [2.75, 3.05) is 40.8 Å². The van der Waals surface area contributed by atoms with Crippen molar-refractivity contribution in [2.45, 2.75) is 13.0 Å². The van der Waals surface area contributed by atoms with Gasteiger partial charge in [0.15, 0.2) is 0 Å². The number of nitrogens with zero attached hydrogens (tertiary/aromatic N) is 5. The summed E-state index contributed by atoms with van der Waals surface area (Å²) < 4.78 is 3.79. The number of hydrogen-bond donors (Lipinski definition) is 0. The first-order chi connectivity index (χ1) is 9.41. The average molecular weight is 297 g/mol. The quantitative estimate of drug-likeness (QED) is 0.749. The summed E-state index contributed by atoms with van der Waals surface area (Å²) in [5, 5.41) is 3.87. The molecular weight excluding hydrogens is 278 g/mol. The van der Waals surface area contributed by atoms with Crippen molar-refractivity contribution >= 4 is 23.3 Å². The molecule has 110 valence electrons. The van der Waals surface area contributed by atoms with E-state index < -0.39 is 0 Å². The predicted molar refractivity (Wildman–Crippen MR) is 75.7 cm³/mol. The number of carbonyl (C=O) groups is 2. The van der Waals surface area contributed by atoms with Gasteiger partial charge in [-0.3, -0.25) is 14.5 Å². The fourth-order valence-corrected chi connectivity index (χ4v) is 2.82. The average Bonchev–Trinajstić information content (AvgIpc) is 2.84. The molecule has 20 heavy (non-hydrogen) atoms. The Morgan fingerprint density at radius 1 is 1.35 bits per heavy atom. The Morgan fingerprint density at radius 2 is 2.05 bits per heavy atom. The SMILES string of the molecule is Cc1nnsc1C(=O)N1CCN(C)C(C(=O)N(C)C)C1.